The van der Waals surface area contributed by atoms with E-state index in [0.29, 0.717) is 16.5 Å². The number of benzene rings is 1. The van der Waals surface area contributed by atoms with Gasteiger partial charge in [-0.1, -0.05) is 6.07 Å². The predicted octanol–water partition coefficient (Wildman–Crippen LogP) is 3.13. The Kier molecular flexibility index (Phi) is 5.50. The minimum Gasteiger partial charge on any atom is -0.302 e. The molecule has 0 atom stereocenters. The molecule has 31 heavy (non-hydrogen) atoms. The lowest BCUT2D eigenvalue weighted by Gasteiger charge is -2.13. The van der Waals surface area contributed by atoms with Crippen LogP contribution in [-0.4, -0.2) is 44.1 Å². The zero-order valence-electron chi connectivity index (χ0n) is 16.0. The van der Waals surface area contributed by atoms with Crippen LogP contribution in [-0.2, 0) is 4.79 Å². The molecule has 1 aromatic carbocycles. The number of nitro benzene ring substituents is 1. The van der Waals surface area contributed by atoms with E-state index in [9.17, 15) is 24.5 Å². The number of rotatable bonds is 7. The Morgan fingerprint density at radius 2 is 1.94 bits per heavy atom. The molecule has 0 aliphatic carbocycles. The van der Waals surface area contributed by atoms with Gasteiger partial charge in [0.25, 0.3) is 17.5 Å². The molecule has 0 bridgehead atoms. The lowest BCUT2D eigenvalue weighted by Crippen LogP contribution is -2.31. The van der Waals surface area contributed by atoms with Crippen molar-refractivity contribution >= 4 is 39.9 Å². The molecule has 2 aromatic heterocycles. The van der Waals surface area contributed by atoms with Crippen LogP contribution in [0.1, 0.15) is 33.6 Å². The van der Waals surface area contributed by atoms with Crippen LogP contribution in [0.15, 0.2) is 48.0 Å². The first kappa shape index (κ1) is 20.3. The number of carbonyl (C=O) groups is 3. The van der Waals surface area contributed by atoms with Gasteiger partial charge in [-0.15, -0.1) is 11.3 Å². The highest BCUT2D eigenvalue weighted by Gasteiger charge is 2.36. The van der Waals surface area contributed by atoms with E-state index in [2.05, 4.69) is 15.3 Å². The summed E-state index contributed by atoms with van der Waals surface area (Å²) in [5, 5.41) is 15.8. The van der Waals surface area contributed by atoms with Crippen molar-refractivity contribution in [1.29, 1.82) is 0 Å². The smallest absolute Gasteiger partial charge is 0.270 e. The van der Waals surface area contributed by atoms with E-state index in [0.717, 1.165) is 11.0 Å². The molecule has 3 heterocycles. The second-order valence-electron chi connectivity index (χ2n) is 6.65. The van der Waals surface area contributed by atoms with Gasteiger partial charge in [0, 0.05) is 36.7 Å². The maximum Gasteiger partial charge on any atom is 0.270 e. The number of aromatic nitrogens is 2. The van der Waals surface area contributed by atoms with Gasteiger partial charge < -0.3 is 5.32 Å². The van der Waals surface area contributed by atoms with E-state index in [4.69, 9.17) is 0 Å². The molecule has 10 nitrogen and oxygen atoms in total. The van der Waals surface area contributed by atoms with Crippen molar-refractivity contribution in [3.8, 4) is 11.4 Å². The number of nitro groups is 1. The van der Waals surface area contributed by atoms with Gasteiger partial charge in [-0.05, 0) is 24.6 Å². The normalized spacial score (nSPS) is 12.7. The van der Waals surface area contributed by atoms with E-state index in [1.165, 1.54) is 23.5 Å². The molecule has 1 aliphatic heterocycles. The second-order valence-corrected chi connectivity index (χ2v) is 7.51. The van der Waals surface area contributed by atoms with E-state index in [1.54, 1.807) is 17.6 Å². The van der Waals surface area contributed by atoms with E-state index in [-0.39, 0.29) is 42.1 Å². The van der Waals surface area contributed by atoms with E-state index >= 15 is 0 Å². The Hall–Kier alpha value is -3.99. The molecule has 4 rings (SSSR count). The van der Waals surface area contributed by atoms with Crippen LogP contribution < -0.4 is 5.32 Å². The SMILES string of the molecule is O=C(CCCN1C(=O)c2ccc([N+](=O)[O-])cc2C1=O)Nc1nc(-c2ccccn2)cs1. The quantitative estimate of drug-likeness (QED) is 0.341. The summed E-state index contributed by atoms with van der Waals surface area (Å²) < 4.78 is 0. The fraction of sp³-hybridized carbons (Fsp3) is 0.150. The molecule has 0 spiro atoms. The summed E-state index contributed by atoms with van der Waals surface area (Å²) >= 11 is 1.27. The number of thiazole rings is 1. The van der Waals surface area contributed by atoms with Crippen LogP contribution in [0.3, 0.4) is 0 Å². The number of anilines is 1. The molecule has 1 N–H and O–H groups in total. The number of hydrogen-bond donors (Lipinski definition) is 1. The van der Waals surface area contributed by atoms with Crippen LogP contribution in [0.4, 0.5) is 10.8 Å². The van der Waals surface area contributed by atoms with E-state index in [1.807, 2.05) is 12.1 Å². The molecule has 0 saturated heterocycles. The number of non-ortho nitro benzene ring substituents is 1. The molecular formula is C20H15N5O5S. The number of nitrogens with one attached hydrogen (secondary N) is 1. The van der Waals surface area contributed by atoms with Crippen molar-refractivity contribution in [3.05, 3.63) is 69.2 Å². The molecule has 156 valence electrons. The number of imide groups is 1. The summed E-state index contributed by atoms with van der Waals surface area (Å²) in [5.74, 6) is -1.41. The Morgan fingerprint density at radius 1 is 1.13 bits per heavy atom. The Labute approximate surface area is 179 Å². The molecule has 3 aromatic rings. The average molecular weight is 437 g/mol. The monoisotopic (exact) mass is 437 g/mol. The number of nitrogens with zero attached hydrogens (tertiary/aromatic N) is 4. The summed E-state index contributed by atoms with van der Waals surface area (Å²) in [6, 6.07) is 9.03. The molecule has 0 unspecified atom stereocenters. The minimum atomic E-state index is -0.622. The van der Waals surface area contributed by atoms with E-state index < -0.39 is 16.7 Å². The predicted molar refractivity (Wildman–Crippen MR) is 112 cm³/mol. The molecule has 3 amide bonds. The van der Waals surface area contributed by atoms with Crippen LogP contribution >= 0.6 is 11.3 Å². The number of pyridine rings is 1. The number of amides is 3. The van der Waals surface area contributed by atoms with Crippen LogP contribution in [0.5, 0.6) is 0 Å². The first-order valence-corrected chi connectivity index (χ1v) is 10.1. The maximum absolute atomic E-state index is 12.5. The second kappa shape index (κ2) is 8.40. The number of carbonyl (C=O) groups excluding carboxylic acids is 3. The highest BCUT2D eigenvalue weighted by atomic mass is 32.1. The first-order valence-electron chi connectivity index (χ1n) is 9.25. The lowest BCUT2D eigenvalue weighted by atomic mass is 10.1. The minimum absolute atomic E-state index is 0.00786. The fourth-order valence-electron chi connectivity index (χ4n) is 3.14. The summed E-state index contributed by atoms with van der Waals surface area (Å²) in [6.07, 6.45) is 1.98. The maximum atomic E-state index is 12.5. The van der Waals surface area contributed by atoms with Crippen LogP contribution in [0, 0.1) is 10.1 Å². The van der Waals surface area contributed by atoms with Gasteiger partial charge in [-0.2, -0.15) is 0 Å². The average Bonchev–Trinajstić information content (AvgIpc) is 3.32. The van der Waals surface area contributed by atoms with Crippen molar-refractivity contribution in [2.75, 3.05) is 11.9 Å². The molecule has 11 heteroatoms. The Morgan fingerprint density at radius 3 is 2.68 bits per heavy atom. The van der Waals surface area contributed by atoms with Gasteiger partial charge in [0.15, 0.2) is 5.13 Å². The van der Waals surface area contributed by atoms with Gasteiger partial charge in [-0.3, -0.25) is 34.4 Å². The van der Waals surface area contributed by atoms with Gasteiger partial charge in [-0.25, -0.2) is 4.98 Å². The van der Waals surface area contributed by atoms with Crippen molar-refractivity contribution in [1.82, 2.24) is 14.9 Å². The van der Waals surface area contributed by atoms with Crippen molar-refractivity contribution in [2.24, 2.45) is 0 Å². The van der Waals surface area contributed by atoms with Gasteiger partial charge in [0.2, 0.25) is 5.91 Å². The first-order chi connectivity index (χ1) is 14.9. The van der Waals surface area contributed by atoms with Crippen LogP contribution in [0.2, 0.25) is 0 Å². The molecule has 1 aliphatic rings. The largest absolute Gasteiger partial charge is 0.302 e. The standard InChI is InChI=1S/C20H15N5O5S/c26-17(23-20-22-16(11-31-20)15-4-1-2-8-21-15)5-3-9-24-18(27)13-7-6-12(25(29)30)10-14(13)19(24)28/h1-2,4,6-8,10-11H,3,5,9H2,(H,22,23,26). The van der Waals surface area contributed by atoms with Crippen molar-refractivity contribution in [2.45, 2.75) is 12.8 Å². The van der Waals surface area contributed by atoms with Crippen LogP contribution in [0.25, 0.3) is 11.4 Å². The third-order valence-corrected chi connectivity index (χ3v) is 5.39. The summed E-state index contributed by atoms with van der Waals surface area (Å²) in [5.41, 5.74) is 1.24. The number of fused-ring (bicyclic) bond motifs is 1. The summed E-state index contributed by atoms with van der Waals surface area (Å²) in [6.45, 7) is 0.0324. The number of hydrogen-bond acceptors (Lipinski definition) is 8. The highest BCUT2D eigenvalue weighted by molar-refractivity contribution is 7.14. The molecular weight excluding hydrogens is 422 g/mol. The van der Waals surface area contributed by atoms with Gasteiger partial charge in [0.05, 0.1) is 21.7 Å². The third-order valence-electron chi connectivity index (χ3n) is 4.63. The molecule has 0 radical (unpaired) electrons. The topological polar surface area (TPSA) is 135 Å². The fourth-order valence-corrected chi connectivity index (χ4v) is 3.86. The Balaban J connectivity index is 1.32. The third kappa shape index (κ3) is 4.16. The van der Waals surface area contributed by atoms with Gasteiger partial charge in [0.1, 0.15) is 5.69 Å². The Bertz CT molecular complexity index is 1190. The van der Waals surface area contributed by atoms with Gasteiger partial charge >= 0.3 is 0 Å². The molecule has 0 saturated carbocycles. The molecule has 0 fully saturated rings. The lowest BCUT2D eigenvalue weighted by molar-refractivity contribution is -0.384. The van der Waals surface area contributed by atoms with Crippen molar-refractivity contribution in [3.63, 3.8) is 0 Å². The summed E-state index contributed by atoms with van der Waals surface area (Å²) in [4.78, 5) is 56.9. The zero-order chi connectivity index (χ0) is 22.0. The van der Waals surface area contributed by atoms with Crippen molar-refractivity contribution < 1.29 is 19.3 Å². The highest BCUT2D eigenvalue weighted by Crippen LogP contribution is 2.27. The zero-order valence-corrected chi connectivity index (χ0v) is 16.8. The summed E-state index contributed by atoms with van der Waals surface area (Å²) in [7, 11) is 0.